The molecule has 2 atom stereocenters. The number of halogens is 1. The zero-order valence-electron chi connectivity index (χ0n) is 21.7. The first-order valence-electron chi connectivity index (χ1n) is 12.4. The smallest absolute Gasteiger partial charge is 0.210 e. The second-order valence-corrected chi connectivity index (χ2v) is 17.0. The minimum Gasteiger partial charge on any atom is -0.374 e. The first-order chi connectivity index (χ1) is 17.2. The highest BCUT2D eigenvalue weighted by Gasteiger charge is 2.31. The number of imidazole rings is 1. The molecule has 3 aromatic rings. The van der Waals surface area contributed by atoms with Crippen molar-refractivity contribution in [3.63, 3.8) is 0 Å². The molecular weight excluding hydrogens is 493 g/mol. The summed E-state index contributed by atoms with van der Waals surface area (Å²) in [5, 5.41) is 11.7. The molecule has 0 spiro atoms. The number of piperidine rings is 1. The van der Waals surface area contributed by atoms with Crippen LogP contribution in [-0.2, 0) is 11.5 Å². The average molecular weight is 530 g/mol. The van der Waals surface area contributed by atoms with Crippen LogP contribution in [0.5, 0.6) is 0 Å². The molecule has 2 unspecified atom stereocenters. The van der Waals surface area contributed by atoms with Crippen molar-refractivity contribution in [2.45, 2.75) is 63.6 Å². The second kappa shape index (κ2) is 11.4. The molecule has 10 heteroatoms. The van der Waals surface area contributed by atoms with Gasteiger partial charge in [0, 0.05) is 33.0 Å². The minimum absolute atomic E-state index is 0.278. The molecule has 4 rings (SSSR count). The van der Waals surface area contributed by atoms with Gasteiger partial charge in [0.05, 0.1) is 11.4 Å². The summed E-state index contributed by atoms with van der Waals surface area (Å²) in [6, 6.07) is 9.24. The van der Waals surface area contributed by atoms with Crippen molar-refractivity contribution in [2.24, 2.45) is 5.92 Å². The zero-order chi connectivity index (χ0) is 25.9. The van der Waals surface area contributed by atoms with Crippen LogP contribution in [0.3, 0.4) is 0 Å². The topological polar surface area (TPSA) is 76.3 Å². The van der Waals surface area contributed by atoms with Crippen LogP contribution in [-0.4, -0.2) is 58.3 Å². The van der Waals surface area contributed by atoms with E-state index in [-0.39, 0.29) is 12.5 Å². The van der Waals surface area contributed by atoms with Gasteiger partial charge in [-0.3, -0.25) is 4.57 Å². The van der Waals surface area contributed by atoms with E-state index in [0.29, 0.717) is 48.0 Å². The standard InChI is InChI=1S/C26H36FN5O2SSi/c1-18-11-13-31(22(33)16-18)26-30-23(19-6-8-20(27)9-7-19)24(21-10-12-28-25(29-21)35-2)32(26)17-34-14-15-36(3,4)5/h6-10,12,18,22,33H,11,13-17H2,1-5H3. The lowest BCUT2D eigenvalue weighted by atomic mass is 9.98. The molecule has 2 aromatic heterocycles. The Labute approximate surface area is 218 Å². The average Bonchev–Trinajstić information content (AvgIpc) is 3.21. The van der Waals surface area contributed by atoms with Crippen molar-refractivity contribution in [3.8, 4) is 22.6 Å². The molecule has 36 heavy (non-hydrogen) atoms. The molecule has 0 saturated carbocycles. The zero-order valence-corrected chi connectivity index (χ0v) is 23.6. The number of benzene rings is 1. The second-order valence-electron chi connectivity index (χ2n) is 10.6. The lowest BCUT2D eigenvalue weighted by Crippen LogP contribution is -2.43. The van der Waals surface area contributed by atoms with Gasteiger partial charge in [-0.2, -0.15) is 0 Å². The Bertz CT molecular complexity index is 1170. The van der Waals surface area contributed by atoms with E-state index in [4.69, 9.17) is 14.7 Å². The lowest BCUT2D eigenvalue weighted by molar-refractivity contribution is 0.0831. The van der Waals surface area contributed by atoms with E-state index < -0.39 is 14.3 Å². The third-order valence-electron chi connectivity index (χ3n) is 6.43. The normalized spacial score (nSPS) is 18.6. The van der Waals surface area contributed by atoms with Crippen LogP contribution in [0.4, 0.5) is 10.3 Å². The molecule has 1 N–H and O–H groups in total. The van der Waals surface area contributed by atoms with Crippen molar-refractivity contribution in [2.75, 3.05) is 24.3 Å². The van der Waals surface area contributed by atoms with Gasteiger partial charge in [0.25, 0.3) is 0 Å². The summed E-state index contributed by atoms with van der Waals surface area (Å²) < 4.78 is 22.0. The fourth-order valence-electron chi connectivity index (χ4n) is 4.30. The number of rotatable bonds is 9. The maximum absolute atomic E-state index is 13.8. The van der Waals surface area contributed by atoms with Gasteiger partial charge >= 0.3 is 0 Å². The molecule has 1 aliphatic heterocycles. The molecule has 3 heterocycles. The Morgan fingerprint density at radius 1 is 1.17 bits per heavy atom. The van der Waals surface area contributed by atoms with Crippen LogP contribution in [0.1, 0.15) is 19.8 Å². The first-order valence-corrected chi connectivity index (χ1v) is 17.4. The summed E-state index contributed by atoms with van der Waals surface area (Å²) in [4.78, 5) is 16.1. The fraction of sp³-hybridized carbons (Fsp3) is 0.500. The maximum atomic E-state index is 13.8. The molecule has 1 fully saturated rings. The Balaban J connectivity index is 1.85. The molecule has 1 saturated heterocycles. The van der Waals surface area contributed by atoms with Crippen LogP contribution in [0.15, 0.2) is 41.7 Å². The van der Waals surface area contributed by atoms with Crippen molar-refractivity contribution >= 4 is 25.8 Å². The molecule has 0 bridgehead atoms. The number of anilines is 1. The summed E-state index contributed by atoms with van der Waals surface area (Å²) in [5.74, 6) is 0.775. The summed E-state index contributed by atoms with van der Waals surface area (Å²) in [6.45, 7) is 10.8. The SMILES string of the molecule is CSc1nccc(-c2c(-c3ccc(F)cc3)nc(N3CCC(C)CC3O)n2COCC[Si](C)(C)C)n1. The van der Waals surface area contributed by atoms with Crippen molar-refractivity contribution in [3.05, 3.63) is 42.3 Å². The highest BCUT2D eigenvalue weighted by molar-refractivity contribution is 7.98. The number of ether oxygens (including phenoxy) is 1. The van der Waals surface area contributed by atoms with Gasteiger partial charge in [0.1, 0.15) is 24.5 Å². The predicted molar refractivity (Wildman–Crippen MR) is 146 cm³/mol. The van der Waals surface area contributed by atoms with E-state index in [1.807, 2.05) is 21.8 Å². The van der Waals surface area contributed by atoms with Crippen LogP contribution >= 0.6 is 11.8 Å². The number of hydrogen-bond donors (Lipinski definition) is 1. The number of thioether (sulfide) groups is 1. The Kier molecular flexibility index (Phi) is 8.49. The quantitative estimate of drug-likeness (QED) is 0.164. The molecule has 7 nitrogen and oxygen atoms in total. The molecule has 1 aromatic carbocycles. The Morgan fingerprint density at radius 2 is 1.92 bits per heavy atom. The highest BCUT2D eigenvalue weighted by atomic mass is 32.2. The number of hydrogen-bond acceptors (Lipinski definition) is 7. The van der Waals surface area contributed by atoms with Crippen LogP contribution < -0.4 is 4.90 Å². The minimum atomic E-state index is -1.26. The Morgan fingerprint density at radius 3 is 2.58 bits per heavy atom. The van der Waals surface area contributed by atoms with Gasteiger partial charge in [0.2, 0.25) is 5.95 Å². The molecule has 1 aliphatic rings. The third kappa shape index (κ3) is 6.34. The molecule has 0 radical (unpaired) electrons. The van der Waals surface area contributed by atoms with Gasteiger partial charge in [-0.25, -0.2) is 19.3 Å². The van der Waals surface area contributed by atoms with E-state index in [1.54, 1.807) is 18.3 Å². The predicted octanol–water partition coefficient (Wildman–Crippen LogP) is 5.74. The number of aliphatic hydroxyl groups excluding tert-OH is 1. The van der Waals surface area contributed by atoms with Crippen molar-refractivity contribution < 1.29 is 14.2 Å². The monoisotopic (exact) mass is 529 g/mol. The van der Waals surface area contributed by atoms with Gasteiger partial charge in [-0.15, -0.1) is 0 Å². The van der Waals surface area contributed by atoms with Gasteiger partial charge in [-0.1, -0.05) is 38.3 Å². The molecular formula is C26H36FN5O2SSi. The summed E-state index contributed by atoms with van der Waals surface area (Å²) >= 11 is 1.47. The van der Waals surface area contributed by atoms with Crippen LogP contribution in [0, 0.1) is 11.7 Å². The van der Waals surface area contributed by atoms with E-state index >= 15 is 0 Å². The number of nitrogens with zero attached hydrogens (tertiary/aromatic N) is 5. The first kappa shape index (κ1) is 26.8. The third-order valence-corrected chi connectivity index (χ3v) is 8.70. The number of aliphatic hydroxyl groups is 1. The van der Waals surface area contributed by atoms with Gasteiger partial charge < -0.3 is 14.7 Å². The summed E-state index contributed by atoms with van der Waals surface area (Å²) in [5.41, 5.74) is 2.93. The van der Waals surface area contributed by atoms with Crippen LogP contribution in [0.25, 0.3) is 22.6 Å². The molecule has 0 amide bonds. The summed E-state index contributed by atoms with van der Waals surface area (Å²) in [7, 11) is -1.26. The van der Waals surface area contributed by atoms with Crippen LogP contribution in [0.2, 0.25) is 25.7 Å². The highest BCUT2D eigenvalue weighted by Crippen LogP contribution is 2.37. The molecule has 0 aliphatic carbocycles. The lowest BCUT2D eigenvalue weighted by Gasteiger charge is -2.36. The number of aromatic nitrogens is 4. The van der Waals surface area contributed by atoms with E-state index in [9.17, 15) is 9.50 Å². The van der Waals surface area contributed by atoms with Gasteiger partial charge in [0.15, 0.2) is 5.16 Å². The van der Waals surface area contributed by atoms with Crippen molar-refractivity contribution in [1.29, 1.82) is 0 Å². The largest absolute Gasteiger partial charge is 0.374 e. The van der Waals surface area contributed by atoms with Gasteiger partial charge in [-0.05, 0) is 61.4 Å². The van der Waals surface area contributed by atoms with E-state index in [2.05, 4.69) is 31.5 Å². The fourth-order valence-corrected chi connectivity index (χ4v) is 5.42. The van der Waals surface area contributed by atoms with E-state index in [0.717, 1.165) is 23.7 Å². The van der Waals surface area contributed by atoms with Crippen molar-refractivity contribution in [1.82, 2.24) is 19.5 Å². The molecule has 194 valence electrons. The summed E-state index contributed by atoms with van der Waals surface area (Å²) in [6.07, 6.45) is 4.68. The van der Waals surface area contributed by atoms with E-state index in [1.165, 1.54) is 23.9 Å². The maximum Gasteiger partial charge on any atom is 0.210 e. The Hall–Kier alpha value is -2.27.